The quantitative estimate of drug-likeness (QED) is 0.500. The zero-order valence-electron chi connectivity index (χ0n) is 16.0. The summed E-state index contributed by atoms with van der Waals surface area (Å²) in [5, 5.41) is 7.25. The summed E-state index contributed by atoms with van der Waals surface area (Å²) in [6.45, 7) is 3.90. The standard InChI is InChI=1S/C20H23FN6O/c1-3-22-20(27(2)14-15-7-9-16(21)10-8-15)24-13-11-18-25-19(28-26-18)17-6-4-5-12-23-17/h4-10,12H,3,11,13-14H2,1-2H3,(H,22,24). The molecular weight excluding hydrogens is 359 g/mol. The van der Waals surface area contributed by atoms with E-state index in [9.17, 15) is 4.39 Å². The van der Waals surface area contributed by atoms with Crippen LogP contribution in [0.15, 0.2) is 58.2 Å². The molecule has 8 heteroatoms. The number of rotatable bonds is 7. The first-order valence-corrected chi connectivity index (χ1v) is 9.13. The molecule has 146 valence electrons. The van der Waals surface area contributed by atoms with Crippen molar-refractivity contribution in [1.82, 2.24) is 25.3 Å². The molecule has 0 radical (unpaired) electrons. The predicted octanol–water partition coefficient (Wildman–Crippen LogP) is 2.91. The van der Waals surface area contributed by atoms with Crippen LogP contribution >= 0.6 is 0 Å². The highest BCUT2D eigenvalue weighted by Gasteiger charge is 2.10. The van der Waals surface area contributed by atoms with Crippen molar-refractivity contribution in [2.45, 2.75) is 19.9 Å². The summed E-state index contributed by atoms with van der Waals surface area (Å²) in [5.74, 6) is 1.51. The van der Waals surface area contributed by atoms with Gasteiger partial charge in [-0.05, 0) is 36.8 Å². The maximum Gasteiger partial charge on any atom is 0.276 e. The van der Waals surface area contributed by atoms with Crippen molar-refractivity contribution in [2.75, 3.05) is 20.1 Å². The van der Waals surface area contributed by atoms with Crippen molar-refractivity contribution in [3.8, 4) is 11.6 Å². The van der Waals surface area contributed by atoms with Crippen LogP contribution in [0.3, 0.4) is 0 Å². The molecule has 0 aliphatic carbocycles. The highest BCUT2D eigenvalue weighted by Crippen LogP contribution is 2.13. The van der Waals surface area contributed by atoms with Gasteiger partial charge in [-0.15, -0.1) is 0 Å². The first-order chi connectivity index (χ1) is 13.7. The normalized spacial score (nSPS) is 11.5. The molecule has 3 aromatic rings. The Morgan fingerprint density at radius 1 is 1.21 bits per heavy atom. The van der Waals surface area contributed by atoms with Gasteiger partial charge in [-0.3, -0.25) is 9.98 Å². The van der Waals surface area contributed by atoms with Crippen LogP contribution in [0.1, 0.15) is 18.3 Å². The molecule has 2 heterocycles. The largest absolute Gasteiger partial charge is 0.357 e. The van der Waals surface area contributed by atoms with Gasteiger partial charge in [0.1, 0.15) is 11.5 Å². The summed E-state index contributed by atoms with van der Waals surface area (Å²) in [6.07, 6.45) is 2.23. The van der Waals surface area contributed by atoms with E-state index in [0.717, 1.165) is 18.1 Å². The van der Waals surface area contributed by atoms with E-state index < -0.39 is 0 Å². The highest BCUT2D eigenvalue weighted by atomic mass is 19.1. The average molecular weight is 382 g/mol. The van der Waals surface area contributed by atoms with E-state index in [0.29, 0.717) is 36.9 Å². The fourth-order valence-corrected chi connectivity index (χ4v) is 2.62. The van der Waals surface area contributed by atoms with Crippen molar-refractivity contribution in [2.24, 2.45) is 4.99 Å². The molecule has 0 bridgehead atoms. The molecule has 0 unspecified atom stereocenters. The number of benzene rings is 1. The van der Waals surface area contributed by atoms with E-state index in [-0.39, 0.29) is 5.82 Å². The van der Waals surface area contributed by atoms with Gasteiger partial charge < -0.3 is 14.7 Å². The Bertz CT molecular complexity index is 895. The summed E-state index contributed by atoms with van der Waals surface area (Å²) in [5.41, 5.74) is 1.66. The van der Waals surface area contributed by atoms with E-state index >= 15 is 0 Å². The third-order valence-electron chi connectivity index (χ3n) is 3.98. The summed E-state index contributed by atoms with van der Waals surface area (Å²) >= 11 is 0. The Labute approximate surface area is 163 Å². The van der Waals surface area contributed by atoms with Gasteiger partial charge in [0.25, 0.3) is 5.89 Å². The van der Waals surface area contributed by atoms with Gasteiger partial charge in [-0.1, -0.05) is 23.4 Å². The minimum atomic E-state index is -0.239. The number of aliphatic imine (C=N–C) groups is 1. The molecule has 0 aliphatic heterocycles. The lowest BCUT2D eigenvalue weighted by molar-refractivity contribution is 0.421. The number of nitrogens with one attached hydrogen (secondary N) is 1. The highest BCUT2D eigenvalue weighted by molar-refractivity contribution is 5.79. The zero-order chi connectivity index (χ0) is 19.8. The third kappa shape index (κ3) is 5.35. The van der Waals surface area contributed by atoms with E-state index in [2.05, 4.69) is 25.4 Å². The van der Waals surface area contributed by atoms with Crippen LogP contribution in [-0.2, 0) is 13.0 Å². The van der Waals surface area contributed by atoms with Crippen LogP contribution in [0.5, 0.6) is 0 Å². The van der Waals surface area contributed by atoms with Crippen molar-refractivity contribution < 1.29 is 8.91 Å². The van der Waals surface area contributed by atoms with Gasteiger partial charge in [0.05, 0.1) is 0 Å². The maximum atomic E-state index is 13.1. The van der Waals surface area contributed by atoms with Crippen LogP contribution in [0.25, 0.3) is 11.6 Å². The van der Waals surface area contributed by atoms with Crippen LogP contribution in [-0.4, -0.2) is 46.1 Å². The Hall–Kier alpha value is -3.29. The van der Waals surface area contributed by atoms with Crippen LogP contribution in [0.4, 0.5) is 4.39 Å². The summed E-state index contributed by atoms with van der Waals surface area (Å²) in [7, 11) is 1.94. The van der Waals surface area contributed by atoms with Gasteiger partial charge in [0.2, 0.25) is 0 Å². The zero-order valence-corrected chi connectivity index (χ0v) is 16.0. The van der Waals surface area contributed by atoms with Gasteiger partial charge in [-0.2, -0.15) is 4.98 Å². The monoisotopic (exact) mass is 382 g/mol. The molecule has 0 aliphatic rings. The Kier molecular flexibility index (Phi) is 6.67. The van der Waals surface area contributed by atoms with Crippen molar-refractivity contribution in [3.63, 3.8) is 0 Å². The van der Waals surface area contributed by atoms with E-state index in [1.165, 1.54) is 12.1 Å². The van der Waals surface area contributed by atoms with Gasteiger partial charge in [0.15, 0.2) is 11.8 Å². The summed E-state index contributed by atoms with van der Waals surface area (Å²) in [4.78, 5) is 15.2. The molecule has 28 heavy (non-hydrogen) atoms. The molecule has 1 N–H and O–H groups in total. The van der Waals surface area contributed by atoms with Crippen LogP contribution < -0.4 is 5.32 Å². The SMILES string of the molecule is CCNC(=NCCc1noc(-c2ccccn2)n1)N(C)Cc1ccc(F)cc1. The molecule has 0 amide bonds. The van der Waals surface area contributed by atoms with Crippen molar-refractivity contribution >= 4 is 5.96 Å². The number of guanidine groups is 1. The van der Waals surface area contributed by atoms with Gasteiger partial charge in [-0.25, -0.2) is 4.39 Å². The van der Waals surface area contributed by atoms with Crippen molar-refractivity contribution in [1.29, 1.82) is 0 Å². The lowest BCUT2D eigenvalue weighted by Crippen LogP contribution is -2.38. The smallest absolute Gasteiger partial charge is 0.276 e. The predicted molar refractivity (Wildman–Crippen MR) is 105 cm³/mol. The van der Waals surface area contributed by atoms with Crippen LogP contribution in [0, 0.1) is 5.82 Å². The Morgan fingerprint density at radius 2 is 2.04 bits per heavy atom. The summed E-state index contributed by atoms with van der Waals surface area (Å²) in [6, 6.07) is 12.0. The number of hydrogen-bond donors (Lipinski definition) is 1. The number of aromatic nitrogens is 3. The second kappa shape index (κ2) is 9.59. The average Bonchev–Trinajstić information content (AvgIpc) is 3.19. The molecule has 0 spiro atoms. The summed E-state index contributed by atoms with van der Waals surface area (Å²) < 4.78 is 18.3. The van der Waals surface area contributed by atoms with Gasteiger partial charge in [0, 0.05) is 39.3 Å². The van der Waals surface area contributed by atoms with Crippen molar-refractivity contribution in [3.05, 3.63) is 65.9 Å². The molecule has 0 saturated heterocycles. The fourth-order valence-electron chi connectivity index (χ4n) is 2.62. The molecule has 3 rings (SSSR count). The molecule has 0 atom stereocenters. The number of halogens is 1. The number of pyridine rings is 1. The molecular formula is C20H23FN6O. The van der Waals surface area contributed by atoms with E-state index in [1.54, 1.807) is 18.3 Å². The first-order valence-electron chi connectivity index (χ1n) is 9.13. The molecule has 7 nitrogen and oxygen atoms in total. The number of hydrogen-bond acceptors (Lipinski definition) is 5. The lowest BCUT2D eigenvalue weighted by Gasteiger charge is -2.22. The topological polar surface area (TPSA) is 79.4 Å². The lowest BCUT2D eigenvalue weighted by atomic mass is 10.2. The Balaban J connectivity index is 1.59. The first kappa shape index (κ1) is 19.5. The molecule has 0 saturated carbocycles. The fraction of sp³-hybridized carbons (Fsp3) is 0.300. The maximum absolute atomic E-state index is 13.1. The number of nitrogens with zero attached hydrogens (tertiary/aromatic N) is 5. The second-order valence-corrected chi connectivity index (χ2v) is 6.20. The molecule has 0 fully saturated rings. The third-order valence-corrected chi connectivity index (χ3v) is 3.98. The van der Waals surface area contributed by atoms with Gasteiger partial charge >= 0.3 is 0 Å². The molecule has 2 aromatic heterocycles. The van der Waals surface area contributed by atoms with E-state index in [1.807, 2.05) is 37.1 Å². The minimum absolute atomic E-state index is 0.239. The minimum Gasteiger partial charge on any atom is -0.357 e. The van der Waals surface area contributed by atoms with E-state index in [4.69, 9.17) is 4.52 Å². The Morgan fingerprint density at radius 3 is 2.75 bits per heavy atom. The van der Waals surface area contributed by atoms with Crippen LogP contribution in [0.2, 0.25) is 0 Å². The molecule has 1 aromatic carbocycles. The second-order valence-electron chi connectivity index (χ2n) is 6.20.